The number of amides is 1. The van der Waals surface area contributed by atoms with E-state index >= 15 is 0 Å². The van der Waals surface area contributed by atoms with Crippen molar-refractivity contribution in [1.82, 2.24) is 5.32 Å². The third-order valence-electron chi connectivity index (χ3n) is 5.08. The van der Waals surface area contributed by atoms with E-state index in [0.717, 1.165) is 47.9 Å². The highest BCUT2D eigenvalue weighted by Gasteiger charge is 2.18. The van der Waals surface area contributed by atoms with Gasteiger partial charge in [0, 0.05) is 11.1 Å². The Morgan fingerprint density at radius 3 is 2.07 bits per heavy atom. The van der Waals surface area contributed by atoms with Gasteiger partial charge in [0.25, 0.3) is 0 Å². The second kappa shape index (κ2) is 8.49. The third-order valence-corrected chi connectivity index (χ3v) is 5.33. The van der Waals surface area contributed by atoms with Crippen molar-refractivity contribution in [2.45, 2.75) is 31.7 Å². The first-order valence-electron chi connectivity index (χ1n) is 9.62. The van der Waals surface area contributed by atoms with Crippen LogP contribution in [0.3, 0.4) is 0 Å². The highest BCUT2D eigenvalue weighted by atomic mass is 35.5. The maximum Gasteiger partial charge on any atom is 0.412 e. The minimum absolute atomic E-state index is 0.223. The van der Waals surface area contributed by atoms with Crippen molar-refractivity contribution in [3.8, 4) is 28.0 Å². The van der Waals surface area contributed by atoms with E-state index in [1.807, 2.05) is 66.7 Å². The number of nitrogens with one attached hydrogen (secondary N) is 1. The Morgan fingerprint density at radius 1 is 0.821 bits per heavy atom. The Bertz CT molecular complexity index is 948. The summed E-state index contributed by atoms with van der Waals surface area (Å²) in [6.45, 7) is 0. The predicted octanol–water partition coefficient (Wildman–Crippen LogP) is 6.71. The molecule has 0 saturated heterocycles. The number of carbonyl (C=O) groups is 1. The second-order valence-corrected chi connectivity index (χ2v) is 7.57. The van der Waals surface area contributed by atoms with Gasteiger partial charge in [-0.1, -0.05) is 66.9 Å². The van der Waals surface area contributed by atoms with Gasteiger partial charge in [-0.2, -0.15) is 0 Å². The summed E-state index contributed by atoms with van der Waals surface area (Å²) in [6.07, 6.45) is 3.98. The predicted molar refractivity (Wildman–Crippen MR) is 114 cm³/mol. The van der Waals surface area contributed by atoms with Crippen LogP contribution in [-0.4, -0.2) is 12.1 Å². The van der Waals surface area contributed by atoms with Gasteiger partial charge in [-0.3, -0.25) is 0 Å². The fraction of sp³-hybridized carbons (Fsp3) is 0.208. The topological polar surface area (TPSA) is 38.3 Å². The van der Waals surface area contributed by atoms with Gasteiger partial charge in [-0.15, -0.1) is 0 Å². The van der Waals surface area contributed by atoms with Crippen molar-refractivity contribution in [2.75, 3.05) is 0 Å². The van der Waals surface area contributed by atoms with Crippen molar-refractivity contribution >= 4 is 17.7 Å². The molecule has 3 aromatic rings. The summed E-state index contributed by atoms with van der Waals surface area (Å²) in [4.78, 5) is 12.4. The lowest BCUT2D eigenvalue weighted by atomic mass is 9.98. The summed E-state index contributed by atoms with van der Waals surface area (Å²) in [5.41, 5.74) is 4.06. The van der Waals surface area contributed by atoms with Crippen LogP contribution in [0.4, 0.5) is 4.79 Å². The zero-order chi connectivity index (χ0) is 19.3. The van der Waals surface area contributed by atoms with Gasteiger partial charge < -0.3 is 10.1 Å². The molecule has 3 nitrogen and oxygen atoms in total. The summed E-state index contributed by atoms with van der Waals surface area (Å²) in [5.74, 6) is 0.529. The number of carbonyl (C=O) groups excluding carboxylic acids is 1. The monoisotopic (exact) mass is 391 g/mol. The lowest BCUT2D eigenvalue weighted by Gasteiger charge is -2.14. The number of rotatable bonds is 4. The smallest absolute Gasteiger partial charge is 0.410 e. The molecule has 1 fully saturated rings. The van der Waals surface area contributed by atoms with Crippen LogP contribution in [0.1, 0.15) is 25.7 Å². The van der Waals surface area contributed by atoms with E-state index in [9.17, 15) is 4.79 Å². The minimum Gasteiger partial charge on any atom is -0.410 e. The molecule has 0 aliphatic heterocycles. The Labute approximate surface area is 170 Å². The van der Waals surface area contributed by atoms with E-state index < -0.39 is 0 Å². The van der Waals surface area contributed by atoms with Gasteiger partial charge in [-0.05, 0) is 65.4 Å². The Balaban J connectivity index is 1.65. The molecule has 1 N–H and O–H groups in total. The zero-order valence-electron chi connectivity index (χ0n) is 15.5. The van der Waals surface area contributed by atoms with Crippen LogP contribution in [0.2, 0.25) is 5.02 Å². The van der Waals surface area contributed by atoms with Crippen molar-refractivity contribution < 1.29 is 9.53 Å². The Morgan fingerprint density at radius 2 is 1.43 bits per heavy atom. The van der Waals surface area contributed by atoms with E-state index in [4.69, 9.17) is 16.3 Å². The molecule has 142 valence electrons. The standard InChI is InChI=1S/C24H22ClNO2/c25-21-12-10-18(11-13-21)20-14-19(17-6-2-1-3-7-17)15-23(16-20)28-24(27)26-22-8-4-5-9-22/h1-3,6-7,10-16,22H,4-5,8-9H2,(H,26,27). The van der Waals surface area contributed by atoms with Crippen LogP contribution in [0.15, 0.2) is 72.8 Å². The zero-order valence-corrected chi connectivity index (χ0v) is 16.3. The van der Waals surface area contributed by atoms with Crippen LogP contribution in [-0.2, 0) is 0 Å². The number of hydrogen-bond donors (Lipinski definition) is 1. The summed E-state index contributed by atoms with van der Waals surface area (Å²) in [6, 6.07) is 23.8. The first-order chi connectivity index (χ1) is 13.7. The van der Waals surface area contributed by atoms with Gasteiger partial charge in [-0.25, -0.2) is 4.79 Å². The van der Waals surface area contributed by atoms with Gasteiger partial charge in [0.2, 0.25) is 0 Å². The molecule has 0 unspecified atom stereocenters. The number of hydrogen-bond acceptors (Lipinski definition) is 2. The molecule has 0 heterocycles. The Kier molecular flexibility index (Phi) is 5.63. The Hall–Kier alpha value is -2.78. The SMILES string of the molecule is O=C(NC1CCCC1)Oc1cc(-c2ccccc2)cc(-c2ccc(Cl)cc2)c1. The van der Waals surface area contributed by atoms with Crippen molar-refractivity contribution in [3.63, 3.8) is 0 Å². The molecule has 0 bridgehead atoms. The fourth-order valence-corrected chi connectivity index (χ4v) is 3.76. The summed E-state index contributed by atoms with van der Waals surface area (Å²) < 4.78 is 5.65. The minimum atomic E-state index is -0.390. The molecule has 4 heteroatoms. The highest BCUT2D eigenvalue weighted by Crippen LogP contribution is 2.32. The third kappa shape index (κ3) is 4.55. The van der Waals surface area contributed by atoms with Crippen LogP contribution in [0.5, 0.6) is 5.75 Å². The molecule has 1 aliphatic rings. The van der Waals surface area contributed by atoms with Crippen molar-refractivity contribution in [2.24, 2.45) is 0 Å². The summed E-state index contributed by atoms with van der Waals surface area (Å²) in [5, 5.41) is 3.66. The average molecular weight is 392 g/mol. The van der Waals surface area contributed by atoms with Gasteiger partial charge in [0.1, 0.15) is 5.75 Å². The number of halogens is 1. The van der Waals surface area contributed by atoms with Crippen LogP contribution >= 0.6 is 11.6 Å². The molecule has 28 heavy (non-hydrogen) atoms. The second-order valence-electron chi connectivity index (χ2n) is 7.13. The molecular weight excluding hydrogens is 370 g/mol. The molecule has 0 spiro atoms. The molecule has 1 amide bonds. The van der Waals surface area contributed by atoms with Crippen LogP contribution in [0, 0.1) is 0 Å². The number of benzene rings is 3. The molecule has 3 aromatic carbocycles. The first-order valence-corrected chi connectivity index (χ1v) is 10.00. The van der Waals surface area contributed by atoms with Crippen molar-refractivity contribution in [1.29, 1.82) is 0 Å². The van der Waals surface area contributed by atoms with Gasteiger partial charge in [0.15, 0.2) is 0 Å². The lowest BCUT2D eigenvalue weighted by molar-refractivity contribution is 0.196. The van der Waals surface area contributed by atoms with Gasteiger partial charge >= 0.3 is 6.09 Å². The van der Waals surface area contributed by atoms with E-state index in [1.54, 1.807) is 0 Å². The molecule has 1 aliphatic carbocycles. The summed E-state index contributed by atoms with van der Waals surface area (Å²) >= 11 is 6.03. The van der Waals surface area contributed by atoms with E-state index in [2.05, 4.69) is 11.4 Å². The summed E-state index contributed by atoms with van der Waals surface area (Å²) in [7, 11) is 0. The highest BCUT2D eigenvalue weighted by molar-refractivity contribution is 6.30. The van der Waals surface area contributed by atoms with Crippen LogP contribution in [0.25, 0.3) is 22.3 Å². The van der Waals surface area contributed by atoms with E-state index in [-0.39, 0.29) is 12.1 Å². The maximum atomic E-state index is 12.4. The van der Waals surface area contributed by atoms with Gasteiger partial charge in [0.05, 0.1) is 0 Å². The molecular formula is C24H22ClNO2. The quantitative estimate of drug-likeness (QED) is 0.537. The molecule has 4 rings (SSSR count). The molecule has 1 saturated carbocycles. The van der Waals surface area contributed by atoms with Crippen molar-refractivity contribution in [3.05, 3.63) is 77.8 Å². The lowest BCUT2D eigenvalue weighted by Crippen LogP contribution is -2.34. The van der Waals surface area contributed by atoms with E-state index in [0.29, 0.717) is 10.8 Å². The fourth-order valence-electron chi connectivity index (χ4n) is 3.64. The molecule has 0 aromatic heterocycles. The average Bonchev–Trinajstić information content (AvgIpc) is 3.22. The van der Waals surface area contributed by atoms with Crippen LogP contribution < -0.4 is 10.1 Å². The number of ether oxygens (including phenoxy) is 1. The molecule has 0 radical (unpaired) electrons. The normalized spacial score (nSPS) is 14.0. The first kappa shape index (κ1) is 18.6. The maximum absolute atomic E-state index is 12.4. The molecule has 0 atom stereocenters. The largest absolute Gasteiger partial charge is 0.412 e. The van der Waals surface area contributed by atoms with E-state index in [1.165, 1.54) is 0 Å².